The van der Waals surface area contributed by atoms with Crippen LogP contribution in [-0.2, 0) is 0 Å². The van der Waals surface area contributed by atoms with E-state index in [1.165, 1.54) is 0 Å². The normalized spacial score (nSPS) is 10.5. The molecule has 27 heavy (non-hydrogen) atoms. The van der Waals surface area contributed by atoms with Gasteiger partial charge in [-0.25, -0.2) is 0 Å². The molecule has 5 heteroatoms. The van der Waals surface area contributed by atoms with Crippen molar-refractivity contribution in [3.05, 3.63) is 78.1 Å². The maximum Gasteiger partial charge on any atom is 0.274 e. The third-order valence-corrected chi connectivity index (χ3v) is 4.21. The van der Waals surface area contributed by atoms with Crippen LogP contribution in [0, 0.1) is 0 Å². The van der Waals surface area contributed by atoms with E-state index in [1.807, 2.05) is 54.6 Å². The summed E-state index contributed by atoms with van der Waals surface area (Å²) in [7, 11) is 1.62. The van der Waals surface area contributed by atoms with Crippen LogP contribution >= 0.6 is 0 Å². The molecule has 0 aliphatic rings. The third kappa shape index (κ3) is 4.44. The molecular formula is C22H23N3O2. The lowest BCUT2D eigenvalue weighted by Crippen LogP contribution is -2.15. The minimum absolute atomic E-state index is 0.244. The van der Waals surface area contributed by atoms with Gasteiger partial charge in [-0.15, -0.1) is 0 Å². The van der Waals surface area contributed by atoms with Gasteiger partial charge < -0.3 is 15.4 Å². The van der Waals surface area contributed by atoms with Crippen molar-refractivity contribution in [2.45, 2.75) is 19.8 Å². The van der Waals surface area contributed by atoms with Crippen molar-refractivity contribution in [3.63, 3.8) is 0 Å². The highest BCUT2D eigenvalue weighted by molar-refractivity contribution is 6.03. The van der Waals surface area contributed by atoms with Gasteiger partial charge in [0.1, 0.15) is 11.4 Å². The lowest BCUT2D eigenvalue weighted by Gasteiger charge is -2.14. The van der Waals surface area contributed by atoms with Gasteiger partial charge in [0.05, 0.1) is 12.8 Å². The molecule has 0 aliphatic carbocycles. The molecule has 3 aromatic rings. The first-order valence-corrected chi connectivity index (χ1v) is 8.85. The molecule has 0 fully saturated rings. The molecule has 138 valence electrons. The average molecular weight is 361 g/mol. The Hall–Kier alpha value is -3.34. The number of aromatic nitrogens is 1. The predicted molar refractivity (Wildman–Crippen MR) is 109 cm³/mol. The first-order chi connectivity index (χ1) is 13.1. The van der Waals surface area contributed by atoms with Crippen molar-refractivity contribution in [2.75, 3.05) is 17.7 Å². The summed E-state index contributed by atoms with van der Waals surface area (Å²) in [5.41, 5.74) is 3.82. The molecule has 0 atom stereocenters. The zero-order chi connectivity index (χ0) is 19.2. The van der Waals surface area contributed by atoms with Crippen LogP contribution in [0.2, 0.25) is 0 Å². The fourth-order valence-electron chi connectivity index (χ4n) is 2.84. The first-order valence-electron chi connectivity index (χ1n) is 8.85. The van der Waals surface area contributed by atoms with Crippen LogP contribution in [0.4, 0.5) is 17.1 Å². The number of carbonyl (C=O) groups is 1. The number of ether oxygens (including phenoxy) is 1. The summed E-state index contributed by atoms with van der Waals surface area (Å²) >= 11 is 0. The molecule has 1 heterocycles. The minimum atomic E-state index is -0.244. The number of rotatable bonds is 6. The highest BCUT2D eigenvalue weighted by Gasteiger charge is 2.13. The van der Waals surface area contributed by atoms with Gasteiger partial charge in [0.2, 0.25) is 0 Å². The number of nitrogens with one attached hydrogen (secondary N) is 2. The molecule has 0 saturated heterocycles. The van der Waals surface area contributed by atoms with Gasteiger partial charge in [-0.2, -0.15) is 0 Å². The van der Waals surface area contributed by atoms with Crippen LogP contribution in [0.15, 0.2) is 66.9 Å². The van der Waals surface area contributed by atoms with Crippen LogP contribution in [-0.4, -0.2) is 18.0 Å². The van der Waals surface area contributed by atoms with Gasteiger partial charge in [0.25, 0.3) is 5.91 Å². The van der Waals surface area contributed by atoms with E-state index in [0.717, 1.165) is 28.4 Å². The molecule has 0 bridgehead atoms. The summed E-state index contributed by atoms with van der Waals surface area (Å²) < 4.78 is 5.35. The SMILES string of the molecule is COc1ccccc1Nc1ccnc(C(=O)Nc2ccccc2C(C)C)c1. The van der Waals surface area contributed by atoms with Crippen molar-refractivity contribution in [2.24, 2.45) is 0 Å². The first kappa shape index (κ1) is 18.5. The molecule has 0 unspecified atom stereocenters. The van der Waals surface area contributed by atoms with Gasteiger partial charge in [0, 0.05) is 17.6 Å². The maximum absolute atomic E-state index is 12.7. The summed E-state index contributed by atoms with van der Waals surface area (Å²) in [4.78, 5) is 16.9. The van der Waals surface area contributed by atoms with E-state index < -0.39 is 0 Å². The smallest absolute Gasteiger partial charge is 0.274 e. The highest BCUT2D eigenvalue weighted by Crippen LogP contribution is 2.27. The van der Waals surface area contributed by atoms with Gasteiger partial charge in [-0.3, -0.25) is 9.78 Å². The number of methoxy groups -OCH3 is 1. The van der Waals surface area contributed by atoms with E-state index in [4.69, 9.17) is 4.74 Å². The minimum Gasteiger partial charge on any atom is -0.495 e. The van der Waals surface area contributed by atoms with E-state index in [9.17, 15) is 4.79 Å². The zero-order valence-corrected chi connectivity index (χ0v) is 15.7. The second-order valence-electron chi connectivity index (χ2n) is 6.45. The third-order valence-electron chi connectivity index (χ3n) is 4.21. The van der Waals surface area contributed by atoms with Crippen LogP contribution in [0.3, 0.4) is 0 Å². The van der Waals surface area contributed by atoms with E-state index in [1.54, 1.807) is 19.4 Å². The number of pyridine rings is 1. The zero-order valence-electron chi connectivity index (χ0n) is 15.7. The Balaban J connectivity index is 1.80. The lowest BCUT2D eigenvalue weighted by atomic mass is 10.0. The highest BCUT2D eigenvalue weighted by atomic mass is 16.5. The van der Waals surface area contributed by atoms with E-state index in [0.29, 0.717) is 11.6 Å². The number of benzene rings is 2. The van der Waals surface area contributed by atoms with Gasteiger partial charge in [0.15, 0.2) is 0 Å². The van der Waals surface area contributed by atoms with E-state index in [-0.39, 0.29) is 5.91 Å². The Morgan fingerprint density at radius 1 is 1.00 bits per heavy atom. The summed E-state index contributed by atoms with van der Waals surface area (Å²) in [5.74, 6) is 0.797. The van der Waals surface area contributed by atoms with Crippen LogP contribution < -0.4 is 15.4 Å². The van der Waals surface area contributed by atoms with Crippen molar-refractivity contribution >= 4 is 23.0 Å². The van der Waals surface area contributed by atoms with Crippen molar-refractivity contribution < 1.29 is 9.53 Å². The lowest BCUT2D eigenvalue weighted by molar-refractivity contribution is 0.102. The quantitative estimate of drug-likeness (QED) is 0.633. The molecule has 2 aromatic carbocycles. The maximum atomic E-state index is 12.7. The molecule has 3 rings (SSSR count). The Morgan fingerprint density at radius 2 is 1.70 bits per heavy atom. The summed E-state index contributed by atoms with van der Waals surface area (Å²) in [6.07, 6.45) is 1.61. The van der Waals surface area contributed by atoms with Crippen molar-refractivity contribution in [3.8, 4) is 5.75 Å². The molecule has 1 amide bonds. The number of para-hydroxylation sites is 3. The monoisotopic (exact) mass is 361 g/mol. The van der Waals surface area contributed by atoms with Crippen molar-refractivity contribution in [1.82, 2.24) is 4.98 Å². The fraction of sp³-hybridized carbons (Fsp3) is 0.182. The number of carbonyl (C=O) groups excluding carboxylic acids is 1. The van der Waals surface area contributed by atoms with E-state index in [2.05, 4.69) is 29.5 Å². The second-order valence-corrected chi connectivity index (χ2v) is 6.45. The summed E-state index contributed by atoms with van der Waals surface area (Å²) in [6, 6.07) is 19.0. The molecule has 0 saturated carbocycles. The summed E-state index contributed by atoms with van der Waals surface area (Å²) in [5, 5.41) is 6.24. The summed E-state index contributed by atoms with van der Waals surface area (Å²) in [6.45, 7) is 4.20. The Morgan fingerprint density at radius 3 is 2.44 bits per heavy atom. The molecular weight excluding hydrogens is 338 g/mol. The molecule has 0 radical (unpaired) electrons. The average Bonchev–Trinajstić information content (AvgIpc) is 2.69. The number of hydrogen-bond donors (Lipinski definition) is 2. The van der Waals surface area contributed by atoms with Crippen LogP contribution in [0.1, 0.15) is 35.8 Å². The standard InChI is InChI=1S/C22H23N3O2/c1-15(2)17-8-4-5-9-18(17)25-22(26)20-14-16(12-13-23-20)24-19-10-6-7-11-21(19)27-3/h4-15H,1-3H3,(H,23,24)(H,25,26). The second kappa shape index (κ2) is 8.36. The fourth-order valence-corrected chi connectivity index (χ4v) is 2.84. The molecule has 0 aliphatic heterocycles. The Bertz CT molecular complexity index is 938. The van der Waals surface area contributed by atoms with Crippen LogP contribution in [0.25, 0.3) is 0 Å². The topological polar surface area (TPSA) is 63.2 Å². The number of anilines is 3. The Labute approximate surface area is 159 Å². The molecule has 0 spiro atoms. The van der Waals surface area contributed by atoms with E-state index >= 15 is 0 Å². The number of amides is 1. The van der Waals surface area contributed by atoms with Gasteiger partial charge in [-0.1, -0.05) is 44.2 Å². The largest absolute Gasteiger partial charge is 0.495 e. The molecule has 1 aromatic heterocycles. The van der Waals surface area contributed by atoms with Crippen molar-refractivity contribution in [1.29, 1.82) is 0 Å². The number of hydrogen-bond acceptors (Lipinski definition) is 4. The Kier molecular flexibility index (Phi) is 5.71. The molecule has 2 N–H and O–H groups in total. The number of nitrogens with zero attached hydrogens (tertiary/aromatic N) is 1. The van der Waals surface area contributed by atoms with Crippen LogP contribution in [0.5, 0.6) is 5.75 Å². The van der Waals surface area contributed by atoms with Gasteiger partial charge >= 0.3 is 0 Å². The predicted octanol–water partition coefficient (Wildman–Crippen LogP) is 5.21. The molecule has 5 nitrogen and oxygen atoms in total. The van der Waals surface area contributed by atoms with Gasteiger partial charge in [-0.05, 0) is 41.8 Å².